The molecule has 2 heterocycles. The van der Waals surface area contributed by atoms with Crippen LogP contribution in [0.15, 0.2) is 5.38 Å². The molecule has 0 atom stereocenters. The highest BCUT2D eigenvalue weighted by Gasteiger charge is 2.13. The van der Waals surface area contributed by atoms with Crippen LogP contribution in [0.2, 0.25) is 5.02 Å². The number of rotatable bonds is 2. The number of halogens is 1. The van der Waals surface area contributed by atoms with E-state index in [-0.39, 0.29) is 0 Å². The van der Waals surface area contributed by atoms with Gasteiger partial charge in [0.05, 0.1) is 5.02 Å². The van der Waals surface area contributed by atoms with Gasteiger partial charge in [0, 0.05) is 37.6 Å². The third-order valence-corrected chi connectivity index (χ3v) is 4.27. The van der Waals surface area contributed by atoms with E-state index < -0.39 is 0 Å². The summed E-state index contributed by atoms with van der Waals surface area (Å²) in [4.78, 5) is 3.76. The van der Waals surface area contributed by atoms with Crippen LogP contribution in [-0.4, -0.2) is 31.1 Å². The van der Waals surface area contributed by atoms with Crippen LogP contribution in [0.5, 0.6) is 0 Å². The van der Waals surface area contributed by atoms with Crippen LogP contribution in [0.1, 0.15) is 10.4 Å². The number of nitrogens with one attached hydrogen (secondary N) is 1. The second kappa shape index (κ2) is 4.62. The number of piperazine rings is 1. The summed E-state index contributed by atoms with van der Waals surface area (Å²) in [6, 6.07) is 0. The van der Waals surface area contributed by atoms with E-state index in [1.807, 2.05) is 0 Å². The van der Waals surface area contributed by atoms with Crippen LogP contribution in [0, 0.1) is 6.92 Å². The van der Waals surface area contributed by atoms with Gasteiger partial charge in [0.15, 0.2) is 0 Å². The lowest BCUT2D eigenvalue weighted by atomic mass is 10.3. The molecule has 1 aromatic rings. The van der Waals surface area contributed by atoms with Crippen LogP contribution < -0.4 is 5.32 Å². The zero-order chi connectivity index (χ0) is 9.97. The van der Waals surface area contributed by atoms with Crippen molar-refractivity contribution in [3.8, 4) is 0 Å². The van der Waals surface area contributed by atoms with Gasteiger partial charge in [0.2, 0.25) is 0 Å². The Hall–Kier alpha value is -0.0900. The zero-order valence-electron chi connectivity index (χ0n) is 8.35. The van der Waals surface area contributed by atoms with E-state index in [9.17, 15) is 0 Å². The summed E-state index contributed by atoms with van der Waals surface area (Å²) in [6.07, 6.45) is 0. The van der Waals surface area contributed by atoms with Crippen LogP contribution in [-0.2, 0) is 6.54 Å². The Bertz CT molecular complexity index is 305. The van der Waals surface area contributed by atoms with E-state index in [1.165, 1.54) is 10.4 Å². The van der Waals surface area contributed by atoms with Gasteiger partial charge in [-0.2, -0.15) is 0 Å². The van der Waals surface area contributed by atoms with Crippen molar-refractivity contribution in [1.29, 1.82) is 0 Å². The summed E-state index contributed by atoms with van der Waals surface area (Å²) in [5.41, 5.74) is 1.21. The summed E-state index contributed by atoms with van der Waals surface area (Å²) >= 11 is 7.97. The highest BCUT2D eigenvalue weighted by atomic mass is 35.5. The molecule has 78 valence electrons. The van der Waals surface area contributed by atoms with Crippen molar-refractivity contribution in [2.24, 2.45) is 0 Å². The first-order valence-corrected chi connectivity index (χ1v) is 6.18. The smallest absolute Gasteiger partial charge is 0.0587 e. The Morgan fingerprint density at radius 1 is 1.50 bits per heavy atom. The predicted molar refractivity (Wildman–Crippen MR) is 62.2 cm³/mol. The summed E-state index contributed by atoms with van der Waals surface area (Å²) in [6.45, 7) is 7.55. The molecule has 1 aromatic heterocycles. The average molecular weight is 231 g/mol. The second-order valence-corrected chi connectivity index (χ2v) is 5.02. The first kappa shape index (κ1) is 10.4. The van der Waals surface area contributed by atoms with E-state index in [1.54, 1.807) is 11.3 Å². The lowest BCUT2D eigenvalue weighted by molar-refractivity contribution is 0.235. The molecule has 0 spiro atoms. The SMILES string of the molecule is Cc1csc(CN2CCNCC2)c1Cl. The van der Waals surface area contributed by atoms with Crippen molar-refractivity contribution in [1.82, 2.24) is 10.2 Å². The van der Waals surface area contributed by atoms with E-state index in [0.29, 0.717) is 0 Å². The second-order valence-electron chi connectivity index (χ2n) is 3.68. The number of aryl methyl sites for hydroxylation is 1. The molecule has 1 aliphatic heterocycles. The minimum absolute atomic E-state index is 0.966. The summed E-state index contributed by atoms with van der Waals surface area (Å²) in [7, 11) is 0. The molecular formula is C10H15ClN2S. The van der Waals surface area contributed by atoms with E-state index in [0.717, 1.165) is 37.7 Å². The van der Waals surface area contributed by atoms with Crippen LogP contribution in [0.25, 0.3) is 0 Å². The molecule has 0 radical (unpaired) electrons. The Labute approximate surface area is 93.9 Å². The molecule has 0 aromatic carbocycles. The fraction of sp³-hybridized carbons (Fsp3) is 0.600. The molecule has 0 aliphatic carbocycles. The molecule has 2 nitrogen and oxygen atoms in total. The van der Waals surface area contributed by atoms with Gasteiger partial charge in [-0.3, -0.25) is 4.90 Å². The number of thiophene rings is 1. The van der Waals surface area contributed by atoms with E-state index >= 15 is 0 Å². The topological polar surface area (TPSA) is 15.3 Å². The highest BCUT2D eigenvalue weighted by molar-refractivity contribution is 7.10. The van der Waals surface area contributed by atoms with Gasteiger partial charge >= 0.3 is 0 Å². The van der Waals surface area contributed by atoms with Crippen LogP contribution >= 0.6 is 22.9 Å². The molecule has 1 saturated heterocycles. The van der Waals surface area contributed by atoms with Gasteiger partial charge in [-0.05, 0) is 17.9 Å². The van der Waals surface area contributed by atoms with E-state index in [2.05, 4.69) is 22.5 Å². The van der Waals surface area contributed by atoms with Gasteiger partial charge < -0.3 is 5.32 Å². The van der Waals surface area contributed by atoms with Gasteiger partial charge in [-0.15, -0.1) is 11.3 Å². The van der Waals surface area contributed by atoms with Crippen molar-refractivity contribution in [3.63, 3.8) is 0 Å². The van der Waals surface area contributed by atoms with Crippen molar-refractivity contribution in [3.05, 3.63) is 20.8 Å². The van der Waals surface area contributed by atoms with Crippen LogP contribution in [0.3, 0.4) is 0 Å². The monoisotopic (exact) mass is 230 g/mol. The van der Waals surface area contributed by atoms with Crippen molar-refractivity contribution in [2.75, 3.05) is 26.2 Å². The molecule has 0 bridgehead atoms. The highest BCUT2D eigenvalue weighted by Crippen LogP contribution is 2.28. The molecule has 0 saturated carbocycles. The maximum absolute atomic E-state index is 6.20. The Morgan fingerprint density at radius 2 is 2.21 bits per heavy atom. The van der Waals surface area contributed by atoms with Crippen molar-refractivity contribution in [2.45, 2.75) is 13.5 Å². The molecule has 4 heteroatoms. The molecule has 1 N–H and O–H groups in total. The maximum atomic E-state index is 6.20. The Kier molecular flexibility index (Phi) is 3.44. The lowest BCUT2D eigenvalue weighted by Gasteiger charge is -2.26. The Morgan fingerprint density at radius 3 is 2.79 bits per heavy atom. The van der Waals surface area contributed by atoms with E-state index in [4.69, 9.17) is 11.6 Å². The number of nitrogens with zero attached hydrogens (tertiary/aromatic N) is 1. The average Bonchev–Trinajstić information content (AvgIpc) is 2.52. The third kappa shape index (κ3) is 2.28. The van der Waals surface area contributed by atoms with Crippen molar-refractivity contribution < 1.29 is 0 Å². The minimum atomic E-state index is 0.966. The van der Waals surface area contributed by atoms with Gasteiger partial charge in [0.25, 0.3) is 0 Å². The molecule has 14 heavy (non-hydrogen) atoms. The molecular weight excluding hydrogens is 216 g/mol. The maximum Gasteiger partial charge on any atom is 0.0587 e. The molecule has 0 unspecified atom stereocenters. The normalized spacial score (nSPS) is 18.7. The summed E-state index contributed by atoms with van der Waals surface area (Å²) in [5.74, 6) is 0. The first-order valence-electron chi connectivity index (χ1n) is 4.93. The molecule has 1 fully saturated rings. The first-order chi connectivity index (χ1) is 6.77. The van der Waals surface area contributed by atoms with Crippen molar-refractivity contribution >= 4 is 22.9 Å². The predicted octanol–water partition coefficient (Wildman–Crippen LogP) is 2.12. The largest absolute Gasteiger partial charge is 0.314 e. The van der Waals surface area contributed by atoms with Gasteiger partial charge in [0.1, 0.15) is 0 Å². The fourth-order valence-corrected chi connectivity index (χ4v) is 2.93. The zero-order valence-corrected chi connectivity index (χ0v) is 9.92. The van der Waals surface area contributed by atoms with Gasteiger partial charge in [-0.1, -0.05) is 11.6 Å². The molecule has 1 aliphatic rings. The Balaban J connectivity index is 1.99. The molecule has 2 rings (SSSR count). The summed E-state index contributed by atoms with van der Waals surface area (Å²) in [5, 5.41) is 6.45. The third-order valence-electron chi connectivity index (χ3n) is 2.55. The standard InChI is InChI=1S/C10H15ClN2S/c1-8-7-14-9(10(8)11)6-13-4-2-12-3-5-13/h7,12H,2-6H2,1H3. The lowest BCUT2D eigenvalue weighted by Crippen LogP contribution is -2.42. The number of hydrogen-bond acceptors (Lipinski definition) is 3. The van der Waals surface area contributed by atoms with Crippen LogP contribution in [0.4, 0.5) is 0 Å². The quantitative estimate of drug-likeness (QED) is 0.838. The summed E-state index contributed by atoms with van der Waals surface area (Å²) < 4.78 is 0. The van der Waals surface area contributed by atoms with Gasteiger partial charge in [-0.25, -0.2) is 0 Å². The molecule has 0 amide bonds. The number of hydrogen-bond donors (Lipinski definition) is 1. The fourth-order valence-electron chi connectivity index (χ4n) is 1.66. The minimum Gasteiger partial charge on any atom is -0.314 e.